The summed E-state index contributed by atoms with van der Waals surface area (Å²) >= 11 is 0. The Hall–Kier alpha value is -2.50. The van der Waals surface area contributed by atoms with Gasteiger partial charge in [0, 0.05) is 12.0 Å². The van der Waals surface area contributed by atoms with Crippen LogP contribution in [0.5, 0.6) is 0 Å². The second-order valence-electron chi connectivity index (χ2n) is 4.94. The fourth-order valence-electron chi connectivity index (χ4n) is 2.27. The van der Waals surface area contributed by atoms with Crippen LogP contribution in [0.15, 0.2) is 36.4 Å². The Balaban J connectivity index is 1.62. The van der Waals surface area contributed by atoms with E-state index >= 15 is 0 Å². The van der Waals surface area contributed by atoms with Gasteiger partial charge in [-0.3, -0.25) is 0 Å². The molecule has 2 unspecified atom stereocenters. The van der Waals surface area contributed by atoms with Crippen LogP contribution in [-0.4, -0.2) is 29.3 Å². The molecular formula is C15H14FN3O2. The van der Waals surface area contributed by atoms with E-state index in [1.807, 2.05) is 6.07 Å². The summed E-state index contributed by atoms with van der Waals surface area (Å²) in [5.74, 6) is 0.132. The van der Waals surface area contributed by atoms with Gasteiger partial charge in [-0.05, 0) is 36.2 Å². The molecule has 1 N–H and O–H groups in total. The van der Waals surface area contributed by atoms with Gasteiger partial charge in [-0.1, -0.05) is 12.1 Å². The Labute approximate surface area is 121 Å². The van der Waals surface area contributed by atoms with Crippen molar-refractivity contribution >= 4 is 11.8 Å². The van der Waals surface area contributed by atoms with E-state index in [0.29, 0.717) is 5.82 Å². The van der Waals surface area contributed by atoms with Crippen molar-refractivity contribution in [2.45, 2.75) is 18.4 Å². The highest BCUT2D eigenvalue weighted by atomic mass is 19.1. The molecule has 1 saturated carbocycles. The standard InChI is InChI=1S/C15H14FN3O2/c1-21-15(20)12-5-6-14(19-18-12)17-13-8-11(13)9-3-2-4-10(16)7-9/h2-7,11,13H,8H2,1H3,(H,17,19). The number of rotatable bonds is 4. The molecule has 0 amide bonds. The van der Waals surface area contributed by atoms with Gasteiger partial charge in [0.15, 0.2) is 5.69 Å². The van der Waals surface area contributed by atoms with Crippen molar-refractivity contribution in [2.24, 2.45) is 0 Å². The van der Waals surface area contributed by atoms with Crippen LogP contribution in [0.1, 0.15) is 28.4 Å². The fraction of sp³-hybridized carbons (Fsp3) is 0.267. The number of halogens is 1. The van der Waals surface area contributed by atoms with Crippen LogP contribution < -0.4 is 5.32 Å². The molecule has 3 rings (SSSR count). The summed E-state index contributed by atoms with van der Waals surface area (Å²) in [6.45, 7) is 0. The average molecular weight is 287 g/mol. The number of methoxy groups -OCH3 is 1. The topological polar surface area (TPSA) is 64.1 Å². The number of aromatic nitrogens is 2. The summed E-state index contributed by atoms with van der Waals surface area (Å²) in [7, 11) is 1.30. The van der Waals surface area contributed by atoms with Gasteiger partial charge in [0.05, 0.1) is 7.11 Å². The molecule has 108 valence electrons. The summed E-state index contributed by atoms with van der Waals surface area (Å²) in [5.41, 5.74) is 1.15. The lowest BCUT2D eigenvalue weighted by molar-refractivity contribution is 0.0593. The molecule has 1 aromatic carbocycles. The zero-order valence-corrected chi connectivity index (χ0v) is 11.4. The second-order valence-corrected chi connectivity index (χ2v) is 4.94. The van der Waals surface area contributed by atoms with Crippen LogP contribution in [0.4, 0.5) is 10.2 Å². The summed E-state index contributed by atoms with van der Waals surface area (Å²) in [4.78, 5) is 11.2. The molecular weight excluding hydrogens is 273 g/mol. The van der Waals surface area contributed by atoms with E-state index < -0.39 is 5.97 Å². The van der Waals surface area contributed by atoms with E-state index in [4.69, 9.17) is 0 Å². The van der Waals surface area contributed by atoms with Gasteiger partial charge < -0.3 is 10.1 Å². The van der Waals surface area contributed by atoms with Crippen molar-refractivity contribution in [1.29, 1.82) is 0 Å². The van der Waals surface area contributed by atoms with Crippen LogP contribution in [0.25, 0.3) is 0 Å². The SMILES string of the molecule is COC(=O)c1ccc(NC2CC2c2cccc(F)c2)nn1. The number of carbonyl (C=O) groups is 1. The minimum atomic E-state index is -0.516. The Bertz CT molecular complexity index is 660. The number of esters is 1. The molecule has 2 aromatic rings. The molecule has 2 atom stereocenters. The molecule has 1 fully saturated rings. The molecule has 1 aromatic heterocycles. The smallest absolute Gasteiger partial charge is 0.358 e. The van der Waals surface area contributed by atoms with Crippen molar-refractivity contribution in [2.75, 3.05) is 12.4 Å². The zero-order chi connectivity index (χ0) is 14.8. The van der Waals surface area contributed by atoms with Crippen LogP contribution in [0.3, 0.4) is 0 Å². The van der Waals surface area contributed by atoms with E-state index in [2.05, 4.69) is 20.3 Å². The molecule has 0 aliphatic heterocycles. The number of carbonyl (C=O) groups excluding carboxylic acids is 1. The molecule has 0 spiro atoms. The first-order chi connectivity index (χ1) is 10.2. The lowest BCUT2D eigenvalue weighted by atomic mass is 10.1. The van der Waals surface area contributed by atoms with E-state index in [1.165, 1.54) is 13.2 Å². The van der Waals surface area contributed by atoms with Crippen LogP contribution in [-0.2, 0) is 4.74 Å². The number of benzene rings is 1. The lowest BCUT2D eigenvalue weighted by Crippen LogP contribution is -2.10. The zero-order valence-electron chi connectivity index (χ0n) is 11.4. The third kappa shape index (κ3) is 2.99. The second kappa shape index (κ2) is 5.47. The maximum absolute atomic E-state index is 13.2. The van der Waals surface area contributed by atoms with E-state index in [0.717, 1.165) is 12.0 Å². The Kier molecular flexibility index (Phi) is 3.51. The molecule has 5 nitrogen and oxygen atoms in total. The van der Waals surface area contributed by atoms with Gasteiger partial charge >= 0.3 is 5.97 Å². The van der Waals surface area contributed by atoms with Crippen LogP contribution >= 0.6 is 0 Å². The summed E-state index contributed by atoms with van der Waals surface area (Å²) < 4.78 is 17.7. The number of nitrogens with zero attached hydrogens (tertiary/aromatic N) is 2. The molecule has 0 bridgehead atoms. The largest absolute Gasteiger partial charge is 0.464 e. The molecule has 0 radical (unpaired) electrons. The predicted molar refractivity (Wildman–Crippen MR) is 74.5 cm³/mol. The summed E-state index contributed by atoms with van der Waals surface area (Å²) in [6, 6.07) is 10.1. The van der Waals surface area contributed by atoms with E-state index in [9.17, 15) is 9.18 Å². The van der Waals surface area contributed by atoms with Crippen LogP contribution in [0, 0.1) is 5.82 Å². The highest BCUT2D eigenvalue weighted by Crippen LogP contribution is 2.42. The number of hydrogen-bond donors (Lipinski definition) is 1. The van der Waals surface area contributed by atoms with E-state index in [1.54, 1.807) is 24.3 Å². The van der Waals surface area contributed by atoms with Gasteiger partial charge in [0.1, 0.15) is 11.6 Å². The first kappa shape index (κ1) is 13.5. The highest BCUT2D eigenvalue weighted by molar-refractivity contribution is 5.86. The molecule has 0 saturated heterocycles. The van der Waals surface area contributed by atoms with Crippen LogP contribution in [0.2, 0.25) is 0 Å². The number of hydrogen-bond acceptors (Lipinski definition) is 5. The monoisotopic (exact) mass is 287 g/mol. The average Bonchev–Trinajstić information content (AvgIpc) is 3.26. The number of nitrogens with one attached hydrogen (secondary N) is 1. The summed E-state index contributed by atoms with van der Waals surface area (Å²) in [5, 5.41) is 11.0. The van der Waals surface area contributed by atoms with Gasteiger partial charge in [-0.15, -0.1) is 10.2 Å². The minimum absolute atomic E-state index is 0.167. The first-order valence-corrected chi connectivity index (χ1v) is 6.61. The number of ether oxygens (including phenoxy) is 1. The highest BCUT2D eigenvalue weighted by Gasteiger charge is 2.38. The van der Waals surface area contributed by atoms with Crippen molar-refractivity contribution in [1.82, 2.24) is 10.2 Å². The van der Waals surface area contributed by atoms with Gasteiger partial charge in [-0.25, -0.2) is 9.18 Å². The molecule has 21 heavy (non-hydrogen) atoms. The Morgan fingerprint density at radius 1 is 1.33 bits per heavy atom. The quantitative estimate of drug-likeness (QED) is 0.875. The van der Waals surface area contributed by atoms with Gasteiger partial charge in [0.2, 0.25) is 0 Å². The normalized spacial score (nSPS) is 19.9. The molecule has 6 heteroatoms. The molecule has 1 aliphatic carbocycles. The lowest BCUT2D eigenvalue weighted by Gasteiger charge is -2.05. The van der Waals surface area contributed by atoms with Crippen molar-refractivity contribution in [3.8, 4) is 0 Å². The Morgan fingerprint density at radius 2 is 2.19 bits per heavy atom. The first-order valence-electron chi connectivity index (χ1n) is 6.61. The molecule has 1 aliphatic rings. The maximum atomic E-state index is 13.2. The third-order valence-corrected chi connectivity index (χ3v) is 3.46. The Morgan fingerprint density at radius 3 is 2.86 bits per heavy atom. The third-order valence-electron chi connectivity index (χ3n) is 3.46. The minimum Gasteiger partial charge on any atom is -0.464 e. The van der Waals surface area contributed by atoms with E-state index in [-0.39, 0.29) is 23.5 Å². The van der Waals surface area contributed by atoms with Crippen molar-refractivity contribution < 1.29 is 13.9 Å². The maximum Gasteiger partial charge on any atom is 0.358 e. The molecule has 1 heterocycles. The van der Waals surface area contributed by atoms with Crippen molar-refractivity contribution in [3.63, 3.8) is 0 Å². The van der Waals surface area contributed by atoms with Gasteiger partial charge in [-0.2, -0.15) is 0 Å². The fourth-order valence-corrected chi connectivity index (χ4v) is 2.27. The predicted octanol–water partition coefficient (Wildman–Crippen LogP) is 2.37. The van der Waals surface area contributed by atoms with Gasteiger partial charge in [0.25, 0.3) is 0 Å². The summed E-state index contributed by atoms with van der Waals surface area (Å²) in [6.07, 6.45) is 0.921. The van der Waals surface area contributed by atoms with Crippen molar-refractivity contribution in [3.05, 3.63) is 53.5 Å². The number of anilines is 1.